The van der Waals surface area contributed by atoms with E-state index in [1.54, 1.807) is 0 Å². The van der Waals surface area contributed by atoms with Gasteiger partial charge in [0.25, 0.3) is 11.7 Å². The van der Waals surface area contributed by atoms with Gasteiger partial charge in [-0.3, -0.25) is 14.5 Å². The minimum atomic E-state index is -0.718. The number of aliphatic hydroxyl groups is 1. The number of nitrogens with zero attached hydrogens (tertiary/aromatic N) is 2. The normalized spacial score (nSPS) is 19.1. The van der Waals surface area contributed by atoms with Crippen molar-refractivity contribution in [3.63, 3.8) is 0 Å². The largest absolute Gasteiger partial charge is 0.507 e. The van der Waals surface area contributed by atoms with E-state index in [2.05, 4.69) is 0 Å². The summed E-state index contributed by atoms with van der Waals surface area (Å²) >= 11 is 0. The van der Waals surface area contributed by atoms with Crippen molar-refractivity contribution in [2.75, 3.05) is 23.9 Å². The summed E-state index contributed by atoms with van der Waals surface area (Å²) in [6.07, 6.45) is 4.28. The second kappa shape index (κ2) is 9.06. The average Bonchev–Trinajstić information content (AvgIpc) is 3.13. The highest BCUT2D eigenvalue weighted by Crippen LogP contribution is 2.43. The van der Waals surface area contributed by atoms with E-state index in [0.29, 0.717) is 11.3 Å². The first-order valence-corrected chi connectivity index (χ1v) is 12.1. The van der Waals surface area contributed by atoms with Crippen LogP contribution in [0.5, 0.6) is 0 Å². The summed E-state index contributed by atoms with van der Waals surface area (Å²) in [5.74, 6) is -1.41. The third-order valence-corrected chi connectivity index (χ3v) is 7.07. The van der Waals surface area contributed by atoms with Crippen LogP contribution in [0.1, 0.15) is 46.7 Å². The molecule has 1 unspecified atom stereocenters. The van der Waals surface area contributed by atoms with Crippen LogP contribution >= 0.6 is 0 Å². The lowest BCUT2D eigenvalue weighted by atomic mass is 9.88. The van der Waals surface area contributed by atoms with Crippen LogP contribution in [0, 0.1) is 6.92 Å². The van der Waals surface area contributed by atoms with Crippen LogP contribution in [0.15, 0.2) is 72.3 Å². The summed E-state index contributed by atoms with van der Waals surface area (Å²) in [6, 6.07) is 20.5. The van der Waals surface area contributed by atoms with E-state index < -0.39 is 17.7 Å². The summed E-state index contributed by atoms with van der Waals surface area (Å²) in [4.78, 5) is 30.3. The zero-order chi connectivity index (χ0) is 24.7. The molecule has 3 aromatic carbocycles. The van der Waals surface area contributed by atoms with Gasteiger partial charge in [-0.15, -0.1) is 0 Å². The van der Waals surface area contributed by atoms with Crippen molar-refractivity contribution in [2.45, 2.75) is 38.6 Å². The molecule has 1 N–H and O–H groups in total. The summed E-state index contributed by atoms with van der Waals surface area (Å²) in [5, 5.41) is 11.5. The molecule has 1 aliphatic heterocycles. The fourth-order valence-corrected chi connectivity index (χ4v) is 5.18. The Balaban J connectivity index is 1.68. The number of hydrogen-bond donors (Lipinski definition) is 1. The molecule has 3 aromatic rings. The quantitative estimate of drug-likeness (QED) is 0.310. The second-order valence-corrected chi connectivity index (χ2v) is 9.68. The third kappa shape index (κ3) is 4.12. The van der Waals surface area contributed by atoms with Gasteiger partial charge in [-0.1, -0.05) is 36.4 Å². The monoisotopic (exact) mass is 466 g/mol. The number of amides is 1. The first-order valence-electron chi connectivity index (χ1n) is 12.1. The van der Waals surface area contributed by atoms with Crippen LogP contribution in [0.3, 0.4) is 0 Å². The number of hydrogen-bond acceptors (Lipinski definition) is 4. The van der Waals surface area contributed by atoms with Crippen LogP contribution < -0.4 is 9.80 Å². The predicted octanol–water partition coefficient (Wildman–Crippen LogP) is 5.57. The number of Topliss-reactive ketones (excluding diaryl/α,β-unsaturated/α-hetero) is 1. The molecule has 1 atom stereocenters. The Labute approximate surface area is 206 Å². The molecule has 5 nitrogen and oxygen atoms in total. The Morgan fingerprint density at radius 2 is 1.63 bits per heavy atom. The van der Waals surface area contributed by atoms with E-state index in [1.807, 2.05) is 92.6 Å². The Kier molecular flexibility index (Phi) is 5.93. The number of carbonyl (C=O) groups is 2. The summed E-state index contributed by atoms with van der Waals surface area (Å²) < 4.78 is 0. The Hall–Kier alpha value is -3.86. The number of ketones is 1. The van der Waals surface area contributed by atoms with Crippen LogP contribution in [0.4, 0.5) is 11.4 Å². The Bertz CT molecular complexity index is 1340. The molecule has 5 rings (SSSR count). The highest BCUT2D eigenvalue weighted by atomic mass is 16.3. The number of rotatable bonds is 4. The molecule has 1 amide bonds. The zero-order valence-electron chi connectivity index (χ0n) is 20.4. The van der Waals surface area contributed by atoms with Gasteiger partial charge in [0.2, 0.25) is 0 Å². The minimum absolute atomic E-state index is 0.117. The van der Waals surface area contributed by atoms with Gasteiger partial charge < -0.3 is 10.0 Å². The SMILES string of the molecule is Cc1cccc(N2C(=O)C(=O)/C(=C(\O)c3ccc4c(c3)CCCC4)C2c2ccc(N(C)C)cc2)c1. The molecule has 1 fully saturated rings. The Morgan fingerprint density at radius 3 is 2.31 bits per heavy atom. The minimum Gasteiger partial charge on any atom is -0.507 e. The van der Waals surface area contributed by atoms with Crippen molar-refractivity contribution in [1.29, 1.82) is 0 Å². The average molecular weight is 467 g/mol. The molecule has 0 radical (unpaired) electrons. The highest BCUT2D eigenvalue weighted by molar-refractivity contribution is 6.51. The number of fused-ring (bicyclic) bond motifs is 1. The lowest BCUT2D eigenvalue weighted by molar-refractivity contribution is -0.132. The zero-order valence-corrected chi connectivity index (χ0v) is 20.4. The topological polar surface area (TPSA) is 60.9 Å². The van der Waals surface area contributed by atoms with Gasteiger partial charge in [0.05, 0.1) is 11.6 Å². The van der Waals surface area contributed by atoms with Crippen molar-refractivity contribution in [1.82, 2.24) is 0 Å². The number of carbonyl (C=O) groups excluding carboxylic acids is 2. The van der Waals surface area contributed by atoms with Crippen LogP contribution in [-0.2, 0) is 22.4 Å². The van der Waals surface area contributed by atoms with E-state index in [-0.39, 0.29) is 11.3 Å². The lowest BCUT2D eigenvalue weighted by Crippen LogP contribution is -2.29. The summed E-state index contributed by atoms with van der Waals surface area (Å²) in [5.41, 5.74) is 6.63. The molecule has 1 saturated heterocycles. The maximum Gasteiger partial charge on any atom is 0.300 e. The standard InChI is InChI=1S/C30H30N2O3/c1-19-7-6-10-25(17-19)32-27(21-13-15-24(16-14-21)31(2)3)26(29(34)30(32)35)28(33)23-12-11-20-8-4-5-9-22(20)18-23/h6-7,10-18,27,33H,4-5,8-9H2,1-3H3/b28-26-. The van der Waals surface area contributed by atoms with Crippen LogP contribution in [0.25, 0.3) is 5.76 Å². The lowest BCUT2D eigenvalue weighted by Gasteiger charge is -2.26. The summed E-state index contributed by atoms with van der Waals surface area (Å²) in [7, 11) is 3.92. The molecule has 1 aliphatic carbocycles. The summed E-state index contributed by atoms with van der Waals surface area (Å²) in [6.45, 7) is 1.95. The van der Waals surface area contributed by atoms with Crippen molar-refractivity contribution >= 4 is 28.8 Å². The number of anilines is 2. The fraction of sp³-hybridized carbons (Fsp3) is 0.267. The molecule has 0 bridgehead atoms. The fourth-order valence-electron chi connectivity index (χ4n) is 5.18. The molecule has 35 heavy (non-hydrogen) atoms. The second-order valence-electron chi connectivity index (χ2n) is 9.68. The maximum absolute atomic E-state index is 13.4. The van der Waals surface area contributed by atoms with E-state index in [9.17, 15) is 14.7 Å². The van der Waals surface area contributed by atoms with Crippen LogP contribution in [-0.4, -0.2) is 30.9 Å². The number of aryl methyl sites for hydroxylation is 3. The van der Waals surface area contributed by atoms with Crippen molar-refractivity contribution in [3.8, 4) is 0 Å². The number of benzene rings is 3. The first-order chi connectivity index (χ1) is 16.8. The molecule has 0 saturated carbocycles. The van der Waals surface area contributed by atoms with Gasteiger partial charge in [0.15, 0.2) is 0 Å². The van der Waals surface area contributed by atoms with Gasteiger partial charge in [-0.05, 0) is 85.2 Å². The molecule has 0 aromatic heterocycles. The smallest absolute Gasteiger partial charge is 0.300 e. The molecule has 0 spiro atoms. The van der Waals surface area contributed by atoms with Gasteiger partial charge in [0, 0.05) is 31.0 Å². The molecular weight excluding hydrogens is 436 g/mol. The maximum atomic E-state index is 13.4. The molecule has 178 valence electrons. The van der Waals surface area contributed by atoms with Crippen molar-refractivity contribution in [2.24, 2.45) is 0 Å². The molecular formula is C30H30N2O3. The molecule has 5 heteroatoms. The first kappa shape index (κ1) is 22.9. The van der Waals surface area contributed by atoms with Gasteiger partial charge >= 0.3 is 0 Å². The molecule has 2 aliphatic rings. The predicted molar refractivity (Wildman–Crippen MR) is 140 cm³/mol. The van der Waals surface area contributed by atoms with Crippen LogP contribution in [0.2, 0.25) is 0 Å². The highest BCUT2D eigenvalue weighted by Gasteiger charge is 2.47. The van der Waals surface area contributed by atoms with E-state index >= 15 is 0 Å². The number of aliphatic hydroxyl groups excluding tert-OH is 1. The Morgan fingerprint density at radius 1 is 0.914 bits per heavy atom. The van der Waals surface area contributed by atoms with E-state index in [1.165, 1.54) is 22.4 Å². The van der Waals surface area contributed by atoms with E-state index in [4.69, 9.17) is 0 Å². The molecule has 1 heterocycles. The third-order valence-electron chi connectivity index (χ3n) is 7.07. The van der Waals surface area contributed by atoms with Gasteiger partial charge in [-0.25, -0.2) is 0 Å². The van der Waals surface area contributed by atoms with Gasteiger partial charge in [-0.2, -0.15) is 0 Å². The van der Waals surface area contributed by atoms with E-state index in [0.717, 1.165) is 36.1 Å². The van der Waals surface area contributed by atoms with Crippen molar-refractivity contribution < 1.29 is 14.7 Å². The van der Waals surface area contributed by atoms with Gasteiger partial charge in [0.1, 0.15) is 5.76 Å². The van der Waals surface area contributed by atoms with Crippen molar-refractivity contribution in [3.05, 3.63) is 100 Å².